The van der Waals surface area contributed by atoms with E-state index in [0.717, 1.165) is 19.3 Å². The van der Waals surface area contributed by atoms with Crippen LogP contribution in [-0.4, -0.2) is 42.4 Å². The molecule has 0 aromatic heterocycles. The summed E-state index contributed by atoms with van der Waals surface area (Å²) in [6.45, 7) is 7.16. The number of hydrogen-bond acceptors (Lipinski definition) is 3. The predicted molar refractivity (Wildman–Crippen MR) is 70.9 cm³/mol. The molecule has 0 heterocycles. The van der Waals surface area contributed by atoms with Gasteiger partial charge in [-0.1, -0.05) is 6.42 Å². The smallest absolute Gasteiger partial charge is 0.241 e. The van der Waals surface area contributed by atoms with Gasteiger partial charge in [0.2, 0.25) is 11.8 Å². The van der Waals surface area contributed by atoms with E-state index in [4.69, 9.17) is 5.73 Å². The van der Waals surface area contributed by atoms with E-state index in [1.165, 1.54) is 0 Å². The van der Waals surface area contributed by atoms with Crippen LogP contribution in [0.3, 0.4) is 0 Å². The summed E-state index contributed by atoms with van der Waals surface area (Å²) in [5.41, 5.74) is 5.47. The fourth-order valence-corrected chi connectivity index (χ4v) is 2.52. The Hall–Kier alpha value is -1.10. The molecule has 3 N–H and O–H groups in total. The molecule has 2 amide bonds. The lowest BCUT2D eigenvalue weighted by Crippen LogP contribution is -2.50. The van der Waals surface area contributed by atoms with Crippen molar-refractivity contribution >= 4 is 11.8 Å². The first-order valence-electron chi connectivity index (χ1n) is 6.77. The maximum atomic E-state index is 12.1. The Kier molecular flexibility index (Phi) is 5.14. The quantitative estimate of drug-likeness (QED) is 0.750. The molecular formula is C13H25N3O2. The van der Waals surface area contributed by atoms with Crippen molar-refractivity contribution in [2.45, 2.75) is 46.1 Å². The van der Waals surface area contributed by atoms with Gasteiger partial charge in [-0.3, -0.25) is 9.59 Å². The molecule has 0 bridgehead atoms. The number of nitrogens with one attached hydrogen (secondary N) is 1. The van der Waals surface area contributed by atoms with Crippen LogP contribution < -0.4 is 11.1 Å². The lowest BCUT2D eigenvalue weighted by atomic mass is 9.84. The van der Waals surface area contributed by atoms with Crippen LogP contribution in [-0.2, 0) is 9.59 Å². The molecule has 5 nitrogen and oxygen atoms in total. The molecule has 1 fully saturated rings. The Morgan fingerprint density at radius 1 is 1.39 bits per heavy atom. The second-order valence-corrected chi connectivity index (χ2v) is 5.16. The highest BCUT2D eigenvalue weighted by molar-refractivity contribution is 5.88. The van der Waals surface area contributed by atoms with E-state index < -0.39 is 5.41 Å². The standard InChI is InChI=1S/C13H25N3O2/c1-4-16(5-2)11(17)9-15-12(18)13(3)8-6-7-10(13)14/h10H,4-9,14H2,1-3H3,(H,15,18). The highest BCUT2D eigenvalue weighted by atomic mass is 16.2. The zero-order valence-electron chi connectivity index (χ0n) is 11.7. The summed E-state index contributed by atoms with van der Waals surface area (Å²) < 4.78 is 0. The van der Waals surface area contributed by atoms with E-state index >= 15 is 0 Å². The summed E-state index contributed by atoms with van der Waals surface area (Å²) in [7, 11) is 0. The molecule has 1 rings (SSSR count). The van der Waals surface area contributed by atoms with Crippen molar-refractivity contribution < 1.29 is 9.59 Å². The summed E-state index contributed by atoms with van der Waals surface area (Å²) in [5.74, 6) is -0.128. The second kappa shape index (κ2) is 6.18. The summed E-state index contributed by atoms with van der Waals surface area (Å²) in [4.78, 5) is 25.6. The van der Waals surface area contributed by atoms with Crippen LogP contribution in [0.2, 0.25) is 0 Å². The zero-order chi connectivity index (χ0) is 13.8. The summed E-state index contributed by atoms with van der Waals surface area (Å²) in [5, 5.41) is 2.73. The van der Waals surface area contributed by atoms with Crippen molar-refractivity contribution in [2.24, 2.45) is 11.1 Å². The lowest BCUT2D eigenvalue weighted by molar-refractivity contribution is -0.136. The molecule has 0 aliphatic heterocycles. The van der Waals surface area contributed by atoms with Crippen molar-refractivity contribution in [3.8, 4) is 0 Å². The number of carbonyl (C=O) groups excluding carboxylic acids is 2. The fourth-order valence-electron chi connectivity index (χ4n) is 2.52. The normalized spacial score (nSPS) is 27.0. The Labute approximate surface area is 109 Å². The first-order chi connectivity index (χ1) is 8.45. The highest BCUT2D eigenvalue weighted by Gasteiger charge is 2.42. The van der Waals surface area contributed by atoms with Crippen molar-refractivity contribution in [1.29, 1.82) is 0 Å². The number of hydrogen-bond donors (Lipinski definition) is 2. The van der Waals surface area contributed by atoms with Gasteiger partial charge >= 0.3 is 0 Å². The van der Waals surface area contributed by atoms with Crippen LogP contribution in [0.1, 0.15) is 40.0 Å². The van der Waals surface area contributed by atoms with Gasteiger partial charge in [-0.15, -0.1) is 0 Å². The molecule has 104 valence electrons. The third kappa shape index (κ3) is 3.02. The first-order valence-corrected chi connectivity index (χ1v) is 6.77. The average Bonchev–Trinajstić information content (AvgIpc) is 2.69. The number of amides is 2. The molecule has 18 heavy (non-hydrogen) atoms. The van der Waals surface area contributed by atoms with Crippen molar-refractivity contribution in [2.75, 3.05) is 19.6 Å². The van der Waals surface area contributed by atoms with Crippen molar-refractivity contribution in [3.63, 3.8) is 0 Å². The fraction of sp³-hybridized carbons (Fsp3) is 0.846. The highest BCUT2D eigenvalue weighted by Crippen LogP contribution is 2.36. The maximum Gasteiger partial charge on any atom is 0.241 e. The Morgan fingerprint density at radius 3 is 2.44 bits per heavy atom. The van der Waals surface area contributed by atoms with Crippen LogP contribution in [0, 0.1) is 5.41 Å². The largest absolute Gasteiger partial charge is 0.347 e. The van der Waals surface area contributed by atoms with Gasteiger partial charge in [-0.25, -0.2) is 0 Å². The number of nitrogens with two attached hydrogens (primary N) is 1. The van der Waals surface area contributed by atoms with Crippen LogP contribution in [0.25, 0.3) is 0 Å². The third-order valence-electron chi connectivity index (χ3n) is 4.06. The minimum absolute atomic E-state index is 0.0384. The summed E-state index contributed by atoms with van der Waals surface area (Å²) >= 11 is 0. The Morgan fingerprint density at radius 2 is 2.00 bits per heavy atom. The molecule has 0 spiro atoms. The van der Waals surface area contributed by atoms with Gasteiger partial charge in [0.05, 0.1) is 12.0 Å². The van der Waals surface area contributed by atoms with Crippen LogP contribution >= 0.6 is 0 Å². The first kappa shape index (κ1) is 15.0. The predicted octanol–water partition coefficient (Wildman–Crippen LogP) is 0.489. The van der Waals surface area contributed by atoms with E-state index in [0.29, 0.717) is 13.1 Å². The van der Waals surface area contributed by atoms with Gasteiger partial charge in [-0.2, -0.15) is 0 Å². The number of nitrogens with zero attached hydrogens (tertiary/aromatic N) is 1. The molecule has 0 saturated heterocycles. The molecule has 0 aromatic rings. The van der Waals surface area contributed by atoms with E-state index in [1.54, 1.807) is 4.90 Å². The SMILES string of the molecule is CCN(CC)C(=O)CNC(=O)C1(C)CCCC1N. The van der Waals surface area contributed by atoms with Crippen molar-refractivity contribution in [1.82, 2.24) is 10.2 Å². The molecule has 2 unspecified atom stereocenters. The summed E-state index contributed by atoms with van der Waals surface area (Å²) in [6.07, 6.45) is 2.67. The van der Waals surface area contributed by atoms with E-state index in [-0.39, 0.29) is 24.4 Å². The molecule has 1 aliphatic carbocycles. The lowest BCUT2D eigenvalue weighted by Gasteiger charge is -2.28. The van der Waals surface area contributed by atoms with Gasteiger partial charge in [0.1, 0.15) is 0 Å². The van der Waals surface area contributed by atoms with Gasteiger partial charge in [0, 0.05) is 19.1 Å². The van der Waals surface area contributed by atoms with E-state index in [1.807, 2.05) is 20.8 Å². The minimum Gasteiger partial charge on any atom is -0.347 e. The summed E-state index contributed by atoms with van der Waals surface area (Å²) in [6, 6.07) is -0.0962. The van der Waals surface area contributed by atoms with Crippen molar-refractivity contribution in [3.05, 3.63) is 0 Å². The zero-order valence-corrected chi connectivity index (χ0v) is 11.7. The Balaban J connectivity index is 2.48. The van der Waals surface area contributed by atoms with Gasteiger partial charge < -0.3 is 16.0 Å². The molecule has 2 atom stereocenters. The monoisotopic (exact) mass is 255 g/mol. The number of carbonyl (C=O) groups is 2. The number of rotatable bonds is 5. The van der Waals surface area contributed by atoms with Crippen LogP contribution in [0.5, 0.6) is 0 Å². The molecule has 0 radical (unpaired) electrons. The van der Waals surface area contributed by atoms with Gasteiger partial charge in [-0.05, 0) is 33.6 Å². The Bertz CT molecular complexity index is 315. The van der Waals surface area contributed by atoms with Crippen LogP contribution in [0.4, 0.5) is 0 Å². The van der Waals surface area contributed by atoms with E-state index in [2.05, 4.69) is 5.32 Å². The van der Waals surface area contributed by atoms with Gasteiger partial charge in [0.25, 0.3) is 0 Å². The second-order valence-electron chi connectivity index (χ2n) is 5.16. The molecule has 1 aliphatic rings. The minimum atomic E-state index is -0.510. The molecule has 0 aromatic carbocycles. The van der Waals surface area contributed by atoms with E-state index in [9.17, 15) is 9.59 Å². The van der Waals surface area contributed by atoms with Gasteiger partial charge in [0.15, 0.2) is 0 Å². The molecular weight excluding hydrogens is 230 g/mol. The third-order valence-corrected chi connectivity index (χ3v) is 4.06. The number of likely N-dealkylation sites (N-methyl/N-ethyl adjacent to an activating group) is 1. The van der Waals surface area contributed by atoms with Crippen LogP contribution in [0.15, 0.2) is 0 Å². The topological polar surface area (TPSA) is 75.4 Å². The molecule has 5 heteroatoms. The average molecular weight is 255 g/mol. The molecule has 1 saturated carbocycles. The maximum absolute atomic E-state index is 12.1.